The van der Waals surface area contributed by atoms with Crippen molar-refractivity contribution < 1.29 is 9.90 Å². The number of nitrogens with zero attached hydrogens (tertiary/aromatic N) is 4. The Labute approximate surface area is 146 Å². The van der Waals surface area contributed by atoms with Gasteiger partial charge in [0.1, 0.15) is 5.56 Å². The van der Waals surface area contributed by atoms with Crippen LogP contribution in [-0.4, -0.2) is 30.6 Å². The van der Waals surface area contributed by atoms with E-state index in [4.69, 9.17) is 0 Å². The number of benzene rings is 1. The summed E-state index contributed by atoms with van der Waals surface area (Å²) < 4.78 is 4.45. The van der Waals surface area contributed by atoms with Crippen molar-refractivity contribution in [3.8, 4) is 5.69 Å². The number of hydrogen-bond acceptors (Lipinski definition) is 3. The van der Waals surface area contributed by atoms with E-state index in [2.05, 4.69) is 26.1 Å². The lowest BCUT2D eigenvalue weighted by atomic mass is 10.1. The van der Waals surface area contributed by atoms with Crippen LogP contribution >= 0.6 is 15.9 Å². The second kappa shape index (κ2) is 5.59. The standard InChI is InChI=1S/C17H15BrN4O2/c1-21-9-10(7-19-21)13-6-14(13)16-15(17(23)24)8-20-22(16)12-4-2-3-11(18)5-12/h2-5,7-9,13-14H,6H2,1H3,(H,23,24)/t13-,14+/m0/s1. The molecule has 0 aliphatic heterocycles. The fraction of sp³-hybridized carbons (Fsp3) is 0.235. The van der Waals surface area contributed by atoms with E-state index >= 15 is 0 Å². The van der Waals surface area contributed by atoms with Gasteiger partial charge in [-0.25, -0.2) is 9.48 Å². The average Bonchev–Trinajstić information content (AvgIpc) is 3.00. The first-order valence-corrected chi connectivity index (χ1v) is 8.39. The molecule has 6 nitrogen and oxygen atoms in total. The molecule has 4 rings (SSSR count). The Morgan fingerprint density at radius 1 is 1.29 bits per heavy atom. The summed E-state index contributed by atoms with van der Waals surface area (Å²) in [5.41, 5.74) is 3.02. The van der Waals surface area contributed by atoms with E-state index < -0.39 is 5.97 Å². The highest BCUT2D eigenvalue weighted by Gasteiger charge is 2.44. The zero-order chi connectivity index (χ0) is 16.8. The first-order chi connectivity index (χ1) is 11.5. The van der Waals surface area contributed by atoms with Gasteiger partial charge in [0.2, 0.25) is 0 Å². The van der Waals surface area contributed by atoms with Gasteiger partial charge < -0.3 is 5.11 Å². The van der Waals surface area contributed by atoms with Crippen LogP contribution in [0.15, 0.2) is 47.3 Å². The molecule has 0 spiro atoms. The van der Waals surface area contributed by atoms with Crippen molar-refractivity contribution in [3.05, 3.63) is 64.1 Å². The molecule has 0 saturated heterocycles. The van der Waals surface area contributed by atoms with Crippen LogP contribution in [0.2, 0.25) is 0 Å². The molecule has 1 N–H and O–H groups in total. The number of aromatic nitrogens is 4. The fourth-order valence-electron chi connectivity index (χ4n) is 3.19. The lowest BCUT2D eigenvalue weighted by Gasteiger charge is -2.09. The van der Waals surface area contributed by atoms with E-state index in [0.29, 0.717) is 5.92 Å². The largest absolute Gasteiger partial charge is 0.478 e. The molecule has 7 heteroatoms. The number of carboxylic acids is 1. The van der Waals surface area contributed by atoms with E-state index in [1.807, 2.05) is 43.7 Å². The Hall–Kier alpha value is -2.41. The summed E-state index contributed by atoms with van der Waals surface area (Å²) in [6.07, 6.45) is 6.19. The molecule has 2 heterocycles. The quantitative estimate of drug-likeness (QED) is 0.745. The maximum Gasteiger partial charge on any atom is 0.339 e. The third-order valence-electron chi connectivity index (χ3n) is 4.38. The van der Waals surface area contributed by atoms with E-state index in [-0.39, 0.29) is 11.5 Å². The van der Waals surface area contributed by atoms with Gasteiger partial charge in [-0.2, -0.15) is 10.2 Å². The fourth-order valence-corrected chi connectivity index (χ4v) is 3.58. The molecule has 2 atom stereocenters. The minimum atomic E-state index is -0.942. The molecule has 122 valence electrons. The zero-order valence-electron chi connectivity index (χ0n) is 12.9. The van der Waals surface area contributed by atoms with Crippen LogP contribution in [0.3, 0.4) is 0 Å². The maximum atomic E-state index is 11.6. The number of hydrogen-bond donors (Lipinski definition) is 1. The second-order valence-corrected chi connectivity index (χ2v) is 6.95. The molecule has 1 aliphatic carbocycles. The van der Waals surface area contributed by atoms with E-state index in [1.165, 1.54) is 6.20 Å². The van der Waals surface area contributed by atoms with Crippen LogP contribution < -0.4 is 0 Å². The molecule has 2 aromatic heterocycles. The van der Waals surface area contributed by atoms with Gasteiger partial charge in [0.05, 0.1) is 23.8 Å². The van der Waals surface area contributed by atoms with E-state index in [9.17, 15) is 9.90 Å². The predicted molar refractivity (Wildman–Crippen MR) is 91.5 cm³/mol. The highest BCUT2D eigenvalue weighted by atomic mass is 79.9. The SMILES string of the molecule is Cn1cc([C@@H]2C[C@H]2c2c(C(=O)O)cnn2-c2cccc(Br)c2)cn1. The molecular formula is C17H15BrN4O2. The molecule has 1 saturated carbocycles. The summed E-state index contributed by atoms with van der Waals surface area (Å²) in [5, 5.41) is 18.1. The molecule has 1 fully saturated rings. The normalized spacial score (nSPS) is 19.4. The number of carboxylic acid groups (broad SMARTS) is 1. The van der Waals surface area contributed by atoms with Crippen molar-refractivity contribution in [3.63, 3.8) is 0 Å². The van der Waals surface area contributed by atoms with Crippen LogP contribution in [-0.2, 0) is 7.05 Å². The van der Waals surface area contributed by atoms with Crippen LogP contribution in [0.25, 0.3) is 5.69 Å². The Kier molecular flexibility index (Phi) is 3.53. The number of rotatable bonds is 4. The lowest BCUT2D eigenvalue weighted by molar-refractivity contribution is 0.0695. The number of carbonyl (C=O) groups is 1. The minimum Gasteiger partial charge on any atom is -0.478 e. The first kappa shape index (κ1) is 15.1. The number of halogens is 1. The molecular weight excluding hydrogens is 372 g/mol. The minimum absolute atomic E-state index is 0.141. The van der Waals surface area contributed by atoms with Gasteiger partial charge in [0, 0.05) is 23.6 Å². The molecule has 1 aliphatic rings. The van der Waals surface area contributed by atoms with Gasteiger partial charge in [0.25, 0.3) is 0 Å². The van der Waals surface area contributed by atoms with Gasteiger partial charge in [-0.05, 0) is 36.1 Å². The summed E-state index contributed by atoms with van der Waals surface area (Å²) in [6, 6.07) is 7.70. The van der Waals surface area contributed by atoms with Crippen LogP contribution in [0.1, 0.15) is 39.9 Å². The summed E-state index contributed by atoms with van der Waals surface area (Å²) in [6.45, 7) is 0. The molecule has 1 aromatic carbocycles. The summed E-state index contributed by atoms with van der Waals surface area (Å²) in [7, 11) is 1.88. The van der Waals surface area contributed by atoms with Gasteiger partial charge >= 0.3 is 5.97 Å². The van der Waals surface area contributed by atoms with Gasteiger partial charge in [0.15, 0.2) is 0 Å². The lowest BCUT2D eigenvalue weighted by Crippen LogP contribution is -2.06. The molecule has 0 amide bonds. The topological polar surface area (TPSA) is 72.9 Å². The van der Waals surface area contributed by atoms with Gasteiger partial charge in [-0.15, -0.1) is 0 Å². The Morgan fingerprint density at radius 2 is 2.12 bits per heavy atom. The predicted octanol–water partition coefficient (Wildman–Crippen LogP) is 3.34. The van der Waals surface area contributed by atoms with Crippen molar-refractivity contribution >= 4 is 21.9 Å². The van der Waals surface area contributed by atoms with E-state index in [1.54, 1.807) is 9.36 Å². The van der Waals surface area contributed by atoms with Crippen molar-refractivity contribution in [2.75, 3.05) is 0 Å². The van der Waals surface area contributed by atoms with Crippen molar-refractivity contribution in [1.82, 2.24) is 19.6 Å². The average molecular weight is 387 g/mol. The third-order valence-corrected chi connectivity index (χ3v) is 4.88. The second-order valence-electron chi connectivity index (χ2n) is 6.04. The van der Waals surface area contributed by atoms with Crippen molar-refractivity contribution in [2.24, 2.45) is 7.05 Å². The van der Waals surface area contributed by atoms with E-state index in [0.717, 1.165) is 27.8 Å². The molecule has 3 aromatic rings. The molecule has 0 bridgehead atoms. The van der Waals surface area contributed by atoms with Crippen LogP contribution in [0.4, 0.5) is 0 Å². The maximum absolute atomic E-state index is 11.6. The first-order valence-electron chi connectivity index (χ1n) is 7.60. The molecule has 0 radical (unpaired) electrons. The third kappa shape index (κ3) is 2.54. The number of aryl methyl sites for hydroxylation is 1. The van der Waals surface area contributed by atoms with Crippen LogP contribution in [0.5, 0.6) is 0 Å². The highest BCUT2D eigenvalue weighted by Crippen LogP contribution is 2.55. The Bertz CT molecular complexity index is 930. The summed E-state index contributed by atoms with van der Waals surface area (Å²) >= 11 is 3.46. The van der Waals surface area contributed by atoms with Crippen LogP contribution in [0, 0.1) is 0 Å². The Morgan fingerprint density at radius 3 is 2.79 bits per heavy atom. The molecule has 0 unspecified atom stereocenters. The smallest absolute Gasteiger partial charge is 0.339 e. The van der Waals surface area contributed by atoms with Gasteiger partial charge in [-0.3, -0.25) is 4.68 Å². The van der Waals surface area contributed by atoms with Gasteiger partial charge in [-0.1, -0.05) is 22.0 Å². The van der Waals surface area contributed by atoms with Crippen molar-refractivity contribution in [2.45, 2.75) is 18.3 Å². The Balaban J connectivity index is 1.77. The zero-order valence-corrected chi connectivity index (χ0v) is 14.5. The summed E-state index contributed by atoms with van der Waals surface area (Å²) in [4.78, 5) is 11.6. The monoisotopic (exact) mass is 386 g/mol. The molecule has 24 heavy (non-hydrogen) atoms. The summed E-state index contributed by atoms with van der Waals surface area (Å²) in [5.74, 6) is -0.510. The number of aromatic carboxylic acids is 1. The highest BCUT2D eigenvalue weighted by molar-refractivity contribution is 9.10. The van der Waals surface area contributed by atoms with Crippen molar-refractivity contribution in [1.29, 1.82) is 0 Å².